The molecule has 0 saturated carbocycles. The van der Waals surface area contributed by atoms with Crippen molar-refractivity contribution < 1.29 is 9.31 Å². The maximum Gasteiger partial charge on any atom is 0.495 e. The van der Waals surface area contributed by atoms with Gasteiger partial charge in [-0.3, -0.25) is 0 Å². The zero-order valence-corrected chi connectivity index (χ0v) is 21.4. The Morgan fingerprint density at radius 3 is 1.45 bits per heavy atom. The Bertz CT molecular complexity index is 930. The molecule has 5 nitrogen and oxygen atoms in total. The first kappa shape index (κ1) is 23.9. The quantitative estimate of drug-likeness (QED) is 0.633. The lowest BCUT2D eigenvalue weighted by Crippen LogP contribution is -2.41. The maximum atomic E-state index is 6.32. The van der Waals surface area contributed by atoms with Gasteiger partial charge in [-0.15, -0.1) is 0 Å². The van der Waals surface area contributed by atoms with Crippen molar-refractivity contribution in [1.29, 1.82) is 0 Å². The van der Waals surface area contributed by atoms with Crippen molar-refractivity contribution in [1.82, 2.24) is 15.0 Å². The second-order valence-corrected chi connectivity index (χ2v) is 11.9. The zero-order chi connectivity index (χ0) is 23.6. The summed E-state index contributed by atoms with van der Waals surface area (Å²) >= 11 is 0. The highest BCUT2D eigenvalue weighted by atomic mass is 16.7. The molecule has 1 aromatic heterocycles. The fraction of sp³-hybridized carbons (Fsp3) is 0.640. The molecular weight excluding hydrogens is 385 g/mol. The normalized spacial score (nSPS) is 18.5. The van der Waals surface area contributed by atoms with Crippen molar-refractivity contribution in [2.45, 2.75) is 105 Å². The van der Waals surface area contributed by atoms with Crippen LogP contribution in [0.2, 0.25) is 0 Å². The van der Waals surface area contributed by atoms with Gasteiger partial charge in [-0.1, -0.05) is 52.7 Å². The average Bonchev–Trinajstić information content (AvgIpc) is 2.79. The summed E-state index contributed by atoms with van der Waals surface area (Å²) in [6.45, 7) is 25.4. The lowest BCUT2D eigenvalue weighted by Gasteiger charge is -2.32. The van der Waals surface area contributed by atoms with Gasteiger partial charge >= 0.3 is 7.12 Å². The summed E-state index contributed by atoms with van der Waals surface area (Å²) in [4.78, 5) is 14.5. The van der Waals surface area contributed by atoms with Crippen molar-refractivity contribution in [2.75, 3.05) is 0 Å². The smallest absolute Gasteiger partial charge is 0.399 e. The molecule has 1 fully saturated rings. The van der Waals surface area contributed by atoms with E-state index in [1.54, 1.807) is 0 Å². The molecule has 1 aromatic carbocycles. The molecule has 0 radical (unpaired) electrons. The Balaban J connectivity index is 2.10. The van der Waals surface area contributed by atoms with E-state index >= 15 is 0 Å². The first-order valence-electron chi connectivity index (χ1n) is 11.2. The minimum atomic E-state index is -0.382. The molecule has 0 N–H and O–H groups in total. The number of aryl methyl sites for hydroxylation is 2. The monoisotopic (exact) mass is 423 g/mol. The highest BCUT2D eigenvalue weighted by molar-refractivity contribution is 6.63. The third-order valence-electron chi connectivity index (χ3n) is 6.32. The Labute approximate surface area is 188 Å². The van der Waals surface area contributed by atoms with Crippen LogP contribution in [0.5, 0.6) is 0 Å². The van der Waals surface area contributed by atoms with E-state index in [2.05, 4.69) is 95.2 Å². The second kappa shape index (κ2) is 7.38. The van der Waals surface area contributed by atoms with E-state index < -0.39 is 0 Å². The van der Waals surface area contributed by atoms with E-state index in [0.717, 1.165) is 39.6 Å². The van der Waals surface area contributed by atoms with Gasteiger partial charge in [0.05, 0.1) is 11.2 Å². The lowest BCUT2D eigenvalue weighted by molar-refractivity contribution is 0.00578. The summed E-state index contributed by atoms with van der Waals surface area (Å²) < 4.78 is 12.6. The number of benzene rings is 1. The standard InChI is InChI=1S/C25H38BN3O2/c1-15-13-17(14-16(2)18(15)26-30-24(9,10)25(11,12)31-26)19-27-20(22(3,4)5)29-21(28-19)23(6,7)8/h13-14H,1-12H3. The minimum absolute atomic E-state index is 0.162. The topological polar surface area (TPSA) is 57.1 Å². The van der Waals surface area contributed by atoms with Crippen molar-refractivity contribution in [2.24, 2.45) is 0 Å². The van der Waals surface area contributed by atoms with Crippen molar-refractivity contribution in [3.05, 3.63) is 34.9 Å². The number of hydrogen-bond donors (Lipinski definition) is 0. The van der Waals surface area contributed by atoms with E-state index in [-0.39, 0.29) is 29.2 Å². The molecule has 168 valence electrons. The third kappa shape index (κ3) is 4.56. The first-order chi connectivity index (χ1) is 13.9. The van der Waals surface area contributed by atoms with Crippen molar-refractivity contribution >= 4 is 12.6 Å². The van der Waals surface area contributed by atoms with Gasteiger partial charge in [-0.05, 0) is 59.1 Å². The van der Waals surface area contributed by atoms with Gasteiger partial charge in [0.15, 0.2) is 5.82 Å². The van der Waals surface area contributed by atoms with E-state index in [1.807, 2.05) is 0 Å². The van der Waals surface area contributed by atoms with Gasteiger partial charge in [0.2, 0.25) is 0 Å². The molecule has 0 spiro atoms. The zero-order valence-electron chi connectivity index (χ0n) is 21.4. The van der Waals surface area contributed by atoms with E-state index in [1.165, 1.54) is 0 Å². The molecule has 2 aromatic rings. The Morgan fingerprint density at radius 1 is 0.710 bits per heavy atom. The molecule has 6 heteroatoms. The SMILES string of the molecule is Cc1cc(-c2nc(C(C)(C)C)nc(C(C)(C)C)n2)cc(C)c1B1OC(C)(C)C(C)(C)O1. The predicted molar refractivity (Wildman–Crippen MR) is 128 cm³/mol. The van der Waals surface area contributed by atoms with Crippen LogP contribution in [-0.4, -0.2) is 33.3 Å². The van der Waals surface area contributed by atoms with Gasteiger partial charge in [0.1, 0.15) is 11.6 Å². The molecule has 3 rings (SSSR count). The molecule has 0 unspecified atom stereocenters. The van der Waals surface area contributed by atoms with Crippen molar-refractivity contribution in [3.8, 4) is 11.4 Å². The molecule has 1 aliphatic heterocycles. The fourth-order valence-electron chi connectivity index (χ4n) is 3.61. The third-order valence-corrected chi connectivity index (χ3v) is 6.32. The summed E-state index contributed by atoms with van der Waals surface area (Å²) in [7, 11) is -0.382. The molecule has 0 amide bonds. The molecular formula is C25H38BN3O2. The van der Waals surface area contributed by atoms with Gasteiger partial charge < -0.3 is 9.31 Å². The van der Waals surface area contributed by atoms with Crippen LogP contribution in [0.15, 0.2) is 12.1 Å². The Hall–Kier alpha value is -1.79. The van der Waals surface area contributed by atoms with Crippen LogP contribution in [0.25, 0.3) is 11.4 Å². The number of nitrogens with zero attached hydrogens (tertiary/aromatic N) is 3. The largest absolute Gasteiger partial charge is 0.495 e. The number of rotatable bonds is 2. The molecule has 0 atom stereocenters. The highest BCUT2D eigenvalue weighted by Crippen LogP contribution is 2.37. The first-order valence-corrected chi connectivity index (χ1v) is 11.2. The molecule has 0 bridgehead atoms. The van der Waals surface area contributed by atoms with Gasteiger partial charge in [0.25, 0.3) is 0 Å². The van der Waals surface area contributed by atoms with E-state index in [0.29, 0.717) is 0 Å². The number of aromatic nitrogens is 3. The molecule has 1 saturated heterocycles. The summed E-state index contributed by atoms with van der Waals surface area (Å²) in [5, 5.41) is 0. The van der Waals surface area contributed by atoms with Crippen LogP contribution in [0.1, 0.15) is 92.0 Å². The molecule has 2 heterocycles. The summed E-state index contributed by atoms with van der Waals surface area (Å²) in [5.74, 6) is 2.34. The van der Waals surface area contributed by atoms with Crippen LogP contribution in [0.4, 0.5) is 0 Å². The minimum Gasteiger partial charge on any atom is -0.399 e. The molecule has 0 aliphatic carbocycles. The van der Waals surface area contributed by atoms with Crippen LogP contribution in [0, 0.1) is 13.8 Å². The van der Waals surface area contributed by atoms with Gasteiger partial charge in [0, 0.05) is 16.4 Å². The number of hydrogen-bond acceptors (Lipinski definition) is 5. The van der Waals surface area contributed by atoms with Crippen LogP contribution < -0.4 is 5.46 Å². The maximum absolute atomic E-state index is 6.32. The fourth-order valence-corrected chi connectivity index (χ4v) is 3.61. The Morgan fingerprint density at radius 2 is 1.10 bits per heavy atom. The van der Waals surface area contributed by atoms with Crippen LogP contribution in [0.3, 0.4) is 0 Å². The van der Waals surface area contributed by atoms with Crippen LogP contribution >= 0.6 is 0 Å². The van der Waals surface area contributed by atoms with E-state index in [4.69, 9.17) is 24.3 Å². The van der Waals surface area contributed by atoms with Crippen molar-refractivity contribution in [3.63, 3.8) is 0 Å². The van der Waals surface area contributed by atoms with Gasteiger partial charge in [-0.2, -0.15) is 0 Å². The molecule has 1 aliphatic rings. The average molecular weight is 423 g/mol. The second-order valence-electron chi connectivity index (χ2n) is 11.9. The lowest BCUT2D eigenvalue weighted by atomic mass is 9.73. The summed E-state index contributed by atoms with van der Waals surface area (Å²) in [6, 6.07) is 4.28. The molecule has 31 heavy (non-hydrogen) atoms. The predicted octanol–water partition coefficient (Wildman–Crippen LogP) is 5.05. The van der Waals surface area contributed by atoms with E-state index in [9.17, 15) is 0 Å². The Kier molecular flexibility index (Phi) is 5.68. The summed E-state index contributed by atoms with van der Waals surface area (Å²) in [5.41, 5.74) is 3.25. The van der Waals surface area contributed by atoms with Gasteiger partial charge in [-0.25, -0.2) is 15.0 Å². The highest BCUT2D eigenvalue weighted by Gasteiger charge is 2.52. The van der Waals surface area contributed by atoms with Crippen LogP contribution in [-0.2, 0) is 20.1 Å². The summed E-state index contributed by atoms with van der Waals surface area (Å²) in [6.07, 6.45) is 0.